The lowest BCUT2D eigenvalue weighted by molar-refractivity contribution is 0.0816. The summed E-state index contributed by atoms with van der Waals surface area (Å²) in [5, 5.41) is 14.5. The van der Waals surface area contributed by atoms with Crippen LogP contribution >= 0.6 is 11.5 Å². The van der Waals surface area contributed by atoms with Gasteiger partial charge in [0.1, 0.15) is 0 Å². The molecule has 0 aliphatic carbocycles. The van der Waals surface area contributed by atoms with Crippen LogP contribution in [-0.4, -0.2) is 27.4 Å². The zero-order valence-corrected chi connectivity index (χ0v) is 12.2. The molecule has 1 aliphatic rings. The quantitative estimate of drug-likeness (QED) is 0.914. The van der Waals surface area contributed by atoms with E-state index < -0.39 is 6.10 Å². The van der Waals surface area contributed by atoms with Gasteiger partial charge in [-0.05, 0) is 37.2 Å². The first kappa shape index (κ1) is 13.9. The molecule has 2 unspecified atom stereocenters. The van der Waals surface area contributed by atoms with Gasteiger partial charge in [0.25, 0.3) is 0 Å². The molecular weight excluding hydrogens is 248 g/mol. The molecule has 102 valence electrons. The average molecular weight is 270 g/mol. The molecule has 0 saturated carbocycles. The predicted octanol–water partition coefficient (Wildman–Crippen LogP) is 2.83. The minimum atomic E-state index is -0.455. The van der Waals surface area contributed by atoms with E-state index >= 15 is 0 Å². The summed E-state index contributed by atoms with van der Waals surface area (Å²) in [6.07, 6.45) is 3.80. The van der Waals surface area contributed by atoms with Crippen molar-refractivity contribution >= 4 is 11.5 Å². The second-order valence-corrected chi connectivity index (χ2v) is 6.75. The van der Waals surface area contributed by atoms with E-state index in [0.29, 0.717) is 6.10 Å². The fourth-order valence-corrected chi connectivity index (χ4v) is 3.17. The van der Waals surface area contributed by atoms with E-state index in [1.165, 1.54) is 11.5 Å². The number of ether oxygens (including phenoxy) is 1. The van der Waals surface area contributed by atoms with Gasteiger partial charge in [-0.15, -0.1) is 5.10 Å². The van der Waals surface area contributed by atoms with Crippen LogP contribution in [0.4, 0.5) is 0 Å². The van der Waals surface area contributed by atoms with Crippen LogP contribution in [0.5, 0.6) is 0 Å². The first-order valence-electron chi connectivity index (χ1n) is 6.61. The first-order valence-corrected chi connectivity index (χ1v) is 7.38. The Bertz CT molecular complexity index is 381. The maximum Gasteiger partial charge on any atom is 0.0918 e. The van der Waals surface area contributed by atoms with Crippen LogP contribution in [0.15, 0.2) is 0 Å². The van der Waals surface area contributed by atoms with Crippen LogP contribution in [0, 0.1) is 0 Å². The van der Waals surface area contributed by atoms with Gasteiger partial charge in [0.05, 0.1) is 22.8 Å². The summed E-state index contributed by atoms with van der Waals surface area (Å²) in [7, 11) is 0. The van der Waals surface area contributed by atoms with Crippen molar-refractivity contribution < 1.29 is 9.84 Å². The zero-order valence-electron chi connectivity index (χ0n) is 11.3. The molecule has 1 fully saturated rings. The minimum Gasteiger partial charge on any atom is -0.387 e. The van der Waals surface area contributed by atoms with Gasteiger partial charge in [-0.1, -0.05) is 25.3 Å². The fraction of sp³-hybridized carbons (Fsp3) is 0.846. The molecule has 5 heteroatoms. The highest BCUT2D eigenvalue weighted by atomic mass is 32.1. The molecule has 0 bridgehead atoms. The maximum atomic E-state index is 10.3. The molecule has 0 amide bonds. The van der Waals surface area contributed by atoms with Gasteiger partial charge >= 0.3 is 0 Å². The molecule has 2 atom stereocenters. The summed E-state index contributed by atoms with van der Waals surface area (Å²) >= 11 is 1.32. The standard InChI is InChI=1S/C13H22N2O2S/c1-13(2,3)12-11(18-15-14-12)10(16)7-6-9-5-4-8-17-9/h9-10,16H,4-8H2,1-3H3. The van der Waals surface area contributed by atoms with Crippen LogP contribution < -0.4 is 0 Å². The largest absolute Gasteiger partial charge is 0.387 e. The zero-order chi connectivity index (χ0) is 13.2. The van der Waals surface area contributed by atoms with Crippen molar-refractivity contribution in [2.45, 2.75) is 64.1 Å². The Hall–Kier alpha value is -0.520. The van der Waals surface area contributed by atoms with E-state index in [2.05, 4.69) is 30.4 Å². The minimum absolute atomic E-state index is 0.0623. The van der Waals surface area contributed by atoms with Crippen LogP contribution in [0.2, 0.25) is 0 Å². The Morgan fingerprint density at radius 3 is 2.89 bits per heavy atom. The van der Waals surface area contributed by atoms with Crippen molar-refractivity contribution in [2.24, 2.45) is 0 Å². The molecule has 1 aliphatic heterocycles. The summed E-state index contributed by atoms with van der Waals surface area (Å²) in [6.45, 7) is 7.16. The second kappa shape index (κ2) is 5.63. The predicted molar refractivity (Wildman–Crippen MR) is 71.8 cm³/mol. The lowest BCUT2D eigenvalue weighted by atomic mass is 9.90. The molecule has 0 aromatic carbocycles. The lowest BCUT2D eigenvalue weighted by Gasteiger charge is -2.19. The number of aliphatic hydroxyl groups excluding tert-OH is 1. The van der Waals surface area contributed by atoms with Gasteiger partial charge in [0.2, 0.25) is 0 Å². The Morgan fingerprint density at radius 1 is 1.50 bits per heavy atom. The van der Waals surface area contributed by atoms with Crippen LogP contribution in [0.1, 0.15) is 63.1 Å². The van der Waals surface area contributed by atoms with E-state index in [-0.39, 0.29) is 5.41 Å². The monoisotopic (exact) mass is 270 g/mol. The SMILES string of the molecule is CC(C)(C)c1nnsc1C(O)CCC1CCCO1. The van der Waals surface area contributed by atoms with Gasteiger partial charge in [0.15, 0.2) is 0 Å². The molecule has 18 heavy (non-hydrogen) atoms. The molecule has 2 heterocycles. The Morgan fingerprint density at radius 2 is 2.28 bits per heavy atom. The average Bonchev–Trinajstić information content (AvgIpc) is 2.95. The summed E-state index contributed by atoms with van der Waals surface area (Å²) in [4.78, 5) is 0.917. The third-order valence-corrected chi connectivity index (χ3v) is 4.14. The molecule has 1 aromatic rings. The molecule has 4 nitrogen and oxygen atoms in total. The van der Waals surface area contributed by atoms with Gasteiger partial charge in [0, 0.05) is 12.0 Å². The number of aliphatic hydroxyl groups is 1. The van der Waals surface area contributed by atoms with Gasteiger partial charge in [-0.2, -0.15) is 0 Å². The van der Waals surface area contributed by atoms with E-state index in [1.807, 2.05) is 0 Å². The Kier molecular flexibility index (Phi) is 4.35. The van der Waals surface area contributed by atoms with Crippen molar-refractivity contribution in [3.8, 4) is 0 Å². The van der Waals surface area contributed by atoms with Gasteiger partial charge < -0.3 is 9.84 Å². The van der Waals surface area contributed by atoms with E-state index in [4.69, 9.17) is 4.74 Å². The summed E-state index contributed by atoms with van der Waals surface area (Å²) < 4.78 is 9.57. The number of aromatic nitrogens is 2. The second-order valence-electron chi connectivity index (χ2n) is 5.96. The highest BCUT2D eigenvalue weighted by Crippen LogP contribution is 2.33. The van der Waals surface area contributed by atoms with E-state index in [0.717, 1.165) is 42.9 Å². The number of hydrogen-bond acceptors (Lipinski definition) is 5. The van der Waals surface area contributed by atoms with E-state index in [1.54, 1.807) is 0 Å². The van der Waals surface area contributed by atoms with Crippen molar-refractivity contribution in [1.29, 1.82) is 0 Å². The van der Waals surface area contributed by atoms with Crippen LogP contribution in [-0.2, 0) is 10.2 Å². The van der Waals surface area contributed by atoms with Gasteiger partial charge in [-0.3, -0.25) is 0 Å². The molecule has 0 spiro atoms. The normalized spacial score (nSPS) is 22.3. The molecule has 1 saturated heterocycles. The number of nitrogens with zero attached hydrogens (tertiary/aromatic N) is 2. The third kappa shape index (κ3) is 3.28. The maximum absolute atomic E-state index is 10.3. The van der Waals surface area contributed by atoms with Crippen molar-refractivity contribution in [2.75, 3.05) is 6.61 Å². The molecule has 0 radical (unpaired) electrons. The topological polar surface area (TPSA) is 55.2 Å². The van der Waals surface area contributed by atoms with Crippen molar-refractivity contribution in [1.82, 2.24) is 9.59 Å². The summed E-state index contributed by atoms with van der Waals surface area (Å²) in [5.41, 5.74) is 0.861. The smallest absolute Gasteiger partial charge is 0.0918 e. The first-order chi connectivity index (χ1) is 8.48. The highest BCUT2D eigenvalue weighted by Gasteiger charge is 2.27. The van der Waals surface area contributed by atoms with Crippen molar-refractivity contribution in [3.05, 3.63) is 10.6 Å². The van der Waals surface area contributed by atoms with Crippen LogP contribution in [0.3, 0.4) is 0 Å². The number of rotatable bonds is 4. The molecule has 1 N–H and O–H groups in total. The highest BCUT2D eigenvalue weighted by molar-refractivity contribution is 7.05. The Balaban J connectivity index is 1.96. The lowest BCUT2D eigenvalue weighted by Crippen LogP contribution is -2.16. The summed E-state index contributed by atoms with van der Waals surface area (Å²) in [5.74, 6) is 0. The Labute approximate surface area is 113 Å². The molecular formula is C13H22N2O2S. The van der Waals surface area contributed by atoms with Crippen LogP contribution in [0.25, 0.3) is 0 Å². The molecule has 2 rings (SSSR count). The van der Waals surface area contributed by atoms with Gasteiger partial charge in [-0.25, -0.2) is 0 Å². The molecule has 1 aromatic heterocycles. The van der Waals surface area contributed by atoms with E-state index in [9.17, 15) is 5.11 Å². The fourth-order valence-electron chi connectivity index (χ4n) is 2.28. The summed E-state index contributed by atoms with van der Waals surface area (Å²) in [6, 6.07) is 0. The number of hydrogen-bond donors (Lipinski definition) is 1. The van der Waals surface area contributed by atoms with Crippen molar-refractivity contribution in [3.63, 3.8) is 0 Å². The third-order valence-electron chi connectivity index (χ3n) is 3.31.